The van der Waals surface area contributed by atoms with Crippen LogP contribution >= 0.6 is 12.4 Å². The predicted octanol–water partition coefficient (Wildman–Crippen LogP) is 0.512. The number of rotatable bonds is 3. The molecule has 1 unspecified atom stereocenters. The summed E-state index contributed by atoms with van der Waals surface area (Å²) in [7, 11) is 0. The van der Waals surface area contributed by atoms with Crippen LogP contribution in [0.2, 0.25) is 0 Å². The van der Waals surface area contributed by atoms with E-state index >= 15 is 0 Å². The number of nitrogens with two attached hydrogens (primary N) is 1. The Hall–Kier alpha value is -1.92. The highest BCUT2D eigenvalue weighted by atomic mass is 35.5. The molecule has 0 spiro atoms. The number of carbonyl (C=O) groups excluding carboxylic acids is 3. The lowest BCUT2D eigenvalue weighted by Crippen LogP contribution is -2.42. The van der Waals surface area contributed by atoms with Crippen molar-refractivity contribution in [3.8, 4) is 0 Å². The largest absolute Gasteiger partial charge is 0.341 e. The fraction of sp³-hybridized carbons (Fsp3) is 0.400. The summed E-state index contributed by atoms with van der Waals surface area (Å²) >= 11 is 0. The van der Waals surface area contributed by atoms with Crippen molar-refractivity contribution < 1.29 is 14.4 Å². The second kappa shape index (κ2) is 6.46. The molecule has 2 aliphatic rings. The third kappa shape index (κ3) is 2.71. The van der Waals surface area contributed by atoms with Gasteiger partial charge in [-0.3, -0.25) is 19.3 Å². The van der Waals surface area contributed by atoms with Gasteiger partial charge in [0, 0.05) is 13.1 Å². The van der Waals surface area contributed by atoms with Crippen LogP contribution in [0.25, 0.3) is 0 Å². The number of carbonyl (C=O) groups is 3. The second-order valence-corrected chi connectivity index (χ2v) is 5.47. The Labute approximate surface area is 134 Å². The fourth-order valence-corrected chi connectivity index (χ4v) is 2.87. The first-order chi connectivity index (χ1) is 10.1. The molecule has 22 heavy (non-hydrogen) atoms. The predicted molar refractivity (Wildman–Crippen MR) is 82.8 cm³/mol. The summed E-state index contributed by atoms with van der Waals surface area (Å²) in [5.74, 6) is -0.659. The minimum atomic E-state index is -0.390. The third-order valence-electron chi connectivity index (χ3n) is 4.14. The van der Waals surface area contributed by atoms with E-state index in [4.69, 9.17) is 5.73 Å². The maximum Gasteiger partial charge on any atom is 0.262 e. The molecular formula is C15H18ClN3O3. The van der Waals surface area contributed by atoms with Crippen LogP contribution in [0.15, 0.2) is 24.3 Å². The highest BCUT2D eigenvalue weighted by Gasteiger charge is 2.37. The molecule has 0 aromatic heterocycles. The van der Waals surface area contributed by atoms with E-state index in [1.807, 2.05) is 0 Å². The molecule has 1 atom stereocenters. The molecule has 2 aliphatic heterocycles. The second-order valence-electron chi connectivity index (χ2n) is 5.47. The first-order valence-corrected chi connectivity index (χ1v) is 7.05. The van der Waals surface area contributed by atoms with Gasteiger partial charge in [-0.05, 0) is 31.0 Å². The molecule has 118 valence electrons. The van der Waals surface area contributed by atoms with Gasteiger partial charge in [-0.15, -0.1) is 12.4 Å². The average molecular weight is 324 g/mol. The lowest BCUT2D eigenvalue weighted by molar-refractivity contribution is -0.130. The minimum Gasteiger partial charge on any atom is -0.341 e. The quantitative estimate of drug-likeness (QED) is 0.822. The van der Waals surface area contributed by atoms with Crippen LogP contribution in [0, 0.1) is 5.92 Å². The molecule has 7 heteroatoms. The van der Waals surface area contributed by atoms with Crippen molar-refractivity contribution in [3.63, 3.8) is 0 Å². The number of imide groups is 1. The van der Waals surface area contributed by atoms with Gasteiger partial charge in [0.15, 0.2) is 0 Å². The highest BCUT2D eigenvalue weighted by molar-refractivity contribution is 6.22. The Morgan fingerprint density at radius 3 is 2.27 bits per heavy atom. The lowest BCUT2D eigenvalue weighted by atomic mass is 10.1. The fourth-order valence-electron chi connectivity index (χ4n) is 2.87. The first-order valence-electron chi connectivity index (χ1n) is 7.05. The minimum absolute atomic E-state index is 0. The van der Waals surface area contributed by atoms with Crippen LogP contribution in [0.1, 0.15) is 27.1 Å². The summed E-state index contributed by atoms with van der Waals surface area (Å²) in [4.78, 5) is 39.3. The normalized spacial score (nSPS) is 20.1. The van der Waals surface area contributed by atoms with E-state index in [-0.39, 0.29) is 24.9 Å². The van der Waals surface area contributed by atoms with Crippen LogP contribution in [0.4, 0.5) is 0 Å². The topological polar surface area (TPSA) is 83.7 Å². The molecule has 3 amide bonds. The number of amides is 3. The third-order valence-corrected chi connectivity index (χ3v) is 4.14. The Bertz CT molecular complexity index is 585. The smallest absolute Gasteiger partial charge is 0.262 e. The molecule has 0 aliphatic carbocycles. The van der Waals surface area contributed by atoms with E-state index in [1.54, 1.807) is 29.2 Å². The maximum atomic E-state index is 12.2. The van der Waals surface area contributed by atoms with Gasteiger partial charge in [-0.25, -0.2) is 0 Å². The molecule has 1 aromatic rings. The molecule has 2 N–H and O–H groups in total. The standard InChI is InChI=1S/C15H17N3O3.ClH/c16-7-10-5-6-17(8-10)13(19)9-18-14(20)11-3-1-2-4-12(11)15(18)21;/h1-4,10H,5-9,16H2;1H. The summed E-state index contributed by atoms with van der Waals surface area (Å²) in [5.41, 5.74) is 6.35. The molecule has 3 rings (SSSR count). The van der Waals surface area contributed by atoms with Crippen LogP contribution in [-0.4, -0.2) is 53.7 Å². The number of fused-ring (bicyclic) bond motifs is 1. The molecule has 1 fully saturated rings. The van der Waals surface area contributed by atoms with Gasteiger partial charge in [0.1, 0.15) is 6.54 Å². The van der Waals surface area contributed by atoms with E-state index in [2.05, 4.69) is 0 Å². The summed E-state index contributed by atoms with van der Waals surface area (Å²) in [6.07, 6.45) is 0.879. The van der Waals surface area contributed by atoms with Gasteiger partial charge in [0.05, 0.1) is 11.1 Å². The van der Waals surface area contributed by atoms with Crippen LogP contribution < -0.4 is 5.73 Å². The van der Waals surface area contributed by atoms with E-state index in [0.29, 0.717) is 36.7 Å². The van der Waals surface area contributed by atoms with Crippen molar-refractivity contribution in [1.29, 1.82) is 0 Å². The van der Waals surface area contributed by atoms with Crippen molar-refractivity contribution in [1.82, 2.24) is 9.80 Å². The molecule has 2 heterocycles. The molecule has 0 radical (unpaired) electrons. The first kappa shape index (κ1) is 16.5. The Kier molecular flexibility index (Phi) is 4.83. The van der Waals surface area contributed by atoms with Gasteiger partial charge in [-0.1, -0.05) is 12.1 Å². The van der Waals surface area contributed by atoms with Gasteiger partial charge in [0.25, 0.3) is 11.8 Å². The molecule has 0 bridgehead atoms. The summed E-state index contributed by atoms with van der Waals surface area (Å²) < 4.78 is 0. The lowest BCUT2D eigenvalue weighted by Gasteiger charge is -2.20. The molecular weight excluding hydrogens is 306 g/mol. The van der Waals surface area contributed by atoms with E-state index in [0.717, 1.165) is 11.3 Å². The molecule has 0 saturated carbocycles. The number of hydrogen-bond acceptors (Lipinski definition) is 4. The van der Waals surface area contributed by atoms with Crippen molar-refractivity contribution >= 4 is 30.1 Å². The number of halogens is 1. The van der Waals surface area contributed by atoms with Gasteiger partial charge in [0.2, 0.25) is 5.91 Å². The average Bonchev–Trinajstić information content (AvgIpc) is 3.07. The van der Waals surface area contributed by atoms with Crippen molar-refractivity contribution in [2.75, 3.05) is 26.2 Å². The van der Waals surface area contributed by atoms with E-state index in [9.17, 15) is 14.4 Å². The highest BCUT2D eigenvalue weighted by Crippen LogP contribution is 2.23. The number of likely N-dealkylation sites (tertiary alicyclic amines) is 1. The van der Waals surface area contributed by atoms with Crippen molar-refractivity contribution in [3.05, 3.63) is 35.4 Å². The summed E-state index contributed by atoms with van der Waals surface area (Å²) in [5, 5.41) is 0. The van der Waals surface area contributed by atoms with Crippen LogP contribution in [0.3, 0.4) is 0 Å². The zero-order chi connectivity index (χ0) is 15.0. The zero-order valence-corrected chi connectivity index (χ0v) is 12.8. The monoisotopic (exact) mass is 323 g/mol. The van der Waals surface area contributed by atoms with E-state index < -0.39 is 11.8 Å². The maximum absolute atomic E-state index is 12.2. The summed E-state index contributed by atoms with van der Waals surface area (Å²) in [6.45, 7) is 1.61. The van der Waals surface area contributed by atoms with Gasteiger partial charge >= 0.3 is 0 Å². The molecule has 6 nitrogen and oxygen atoms in total. The van der Waals surface area contributed by atoms with Gasteiger partial charge in [-0.2, -0.15) is 0 Å². The van der Waals surface area contributed by atoms with E-state index in [1.165, 1.54) is 0 Å². The molecule has 1 saturated heterocycles. The van der Waals surface area contributed by atoms with Crippen molar-refractivity contribution in [2.24, 2.45) is 11.7 Å². The zero-order valence-electron chi connectivity index (χ0n) is 12.0. The SMILES string of the molecule is Cl.NCC1CCN(C(=O)CN2C(=O)c3ccccc3C2=O)C1. The Morgan fingerprint density at radius 1 is 1.18 bits per heavy atom. The van der Waals surface area contributed by atoms with Crippen LogP contribution in [-0.2, 0) is 4.79 Å². The van der Waals surface area contributed by atoms with Crippen molar-refractivity contribution in [2.45, 2.75) is 6.42 Å². The van der Waals surface area contributed by atoms with Gasteiger partial charge < -0.3 is 10.6 Å². The number of nitrogens with zero attached hydrogens (tertiary/aromatic N) is 2. The van der Waals surface area contributed by atoms with Crippen LogP contribution in [0.5, 0.6) is 0 Å². The number of hydrogen-bond donors (Lipinski definition) is 1. The molecule has 1 aromatic carbocycles. The Balaban J connectivity index is 0.00000176. The summed E-state index contributed by atoms with van der Waals surface area (Å²) in [6, 6.07) is 6.64. The number of benzene rings is 1. The Morgan fingerprint density at radius 2 is 1.77 bits per heavy atom.